The Bertz CT molecular complexity index is 812. The van der Waals surface area contributed by atoms with Crippen LogP contribution in [0, 0.1) is 11.3 Å². The molecule has 0 fully saturated rings. The zero-order valence-corrected chi connectivity index (χ0v) is 14.5. The quantitative estimate of drug-likeness (QED) is 0.609. The number of carbonyl (C=O) groups is 1. The van der Waals surface area contributed by atoms with E-state index in [0.717, 1.165) is 10.0 Å². The van der Waals surface area contributed by atoms with Gasteiger partial charge < -0.3 is 10.1 Å². The summed E-state index contributed by atoms with van der Waals surface area (Å²) < 4.78 is 5.92. The van der Waals surface area contributed by atoms with Crippen LogP contribution in [0.3, 0.4) is 0 Å². The van der Waals surface area contributed by atoms with Gasteiger partial charge in [-0.05, 0) is 42.0 Å². The Morgan fingerprint density at radius 2 is 2.13 bits per heavy atom. The summed E-state index contributed by atoms with van der Waals surface area (Å²) in [6.45, 7) is 0. The number of nitriles is 1. The van der Waals surface area contributed by atoms with E-state index in [1.165, 1.54) is 13.2 Å². The van der Waals surface area contributed by atoms with Crippen molar-refractivity contribution in [3.63, 3.8) is 0 Å². The minimum absolute atomic E-state index is 0.00459. The summed E-state index contributed by atoms with van der Waals surface area (Å²) >= 11 is 9.36. The Kier molecular flexibility index (Phi) is 5.80. The lowest BCUT2D eigenvalue weighted by Crippen LogP contribution is -2.13. The minimum atomic E-state index is -0.506. The molecule has 0 aromatic heterocycles. The molecule has 23 heavy (non-hydrogen) atoms. The number of ether oxygens (including phenoxy) is 1. The third-order valence-corrected chi connectivity index (χ3v) is 3.72. The van der Waals surface area contributed by atoms with Gasteiger partial charge in [-0.1, -0.05) is 39.7 Å². The molecule has 0 aliphatic heterocycles. The highest BCUT2D eigenvalue weighted by molar-refractivity contribution is 9.10. The van der Waals surface area contributed by atoms with Crippen molar-refractivity contribution in [2.24, 2.45) is 0 Å². The molecule has 0 atom stereocenters. The van der Waals surface area contributed by atoms with Gasteiger partial charge in [0.15, 0.2) is 0 Å². The van der Waals surface area contributed by atoms with Gasteiger partial charge in [0, 0.05) is 10.2 Å². The molecule has 6 heteroatoms. The maximum Gasteiger partial charge on any atom is 0.266 e. The molecule has 1 N–H and O–H groups in total. The first-order valence-corrected chi connectivity index (χ1v) is 7.73. The second-order valence-corrected chi connectivity index (χ2v) is 5.85. The van der Waals surface area contributed by atoms with Crippen molar-refractivity contribution in [3.8, 4) is 11.8 Å². The molecule has 0 unspecified atom stereocenters. The summed E-state index contributed by atoms with van der Waals surface area (Å²) in [7, 11) is 1.51. The Hall–Kier alpha value is -2.29. The fraction of sp³-hybridized carbons (Fsp3) is 0.0588. The summed E-state index contributed by atoms with van der Waals surface area (Å²) in [5.41, 5.74) is 1.23. The number of halogens is 2. The van der Waals surface area contributed by atoms with E-state index in [1.807, 2.05) is 24.3 Å². The smallest absolute Gasteiger partial charge is 0.266 e. The molecular weight excluding hydrogens is 380 g/mol. The van der Waals surface area contributed by atoms with E-state index in [1.54, 1.807) is 24.3 Å². The Balaban J connectivity index is 2.21. The van der Waals surface area contributed by atoms with Crippen molar-refractivity contribution in [2.45, 2.75) is 0 Å². The zero-order valence-electron chi connectivity index (χ0n) is 12.1. The molecule has 0 heterocycles. The molecular formula is C17H12BrClN2O2. The van der Waals surface area contributed by atoms with Crippen LogP contribution in [0.2, 0.25) is 5.02 Å². The maximum absolute atomic E-state index is 12.2. The maximum atomic E-state index is 12.2. The lowest BCUT2D eigenvalue weighted by atomic mass is 10.1. The van der Waals surface area contributed by atoms with Crippen LogP contribution in [0.15, 0.2) is 52.5 Å². The first-order chi connectivity index (χ1) is 11.0. The summed E-state index contributed by atoms with van der Waals surface area (Å²) in [4.78, 5) is 12.2. The monoisotopic (exact) mass is 390 g/mol. The molecule has 2 aromatic rings. The lowest BCUT2D eigenvalue weighted by molar-refractivity contribution is -0.112. The number of nitrogens with zero attached hydrogens (tertiary/aromatic N) is 1. The predicted octanol–water partition coefficient (Wildman–Crippen LogP) is 4.66. The number of carbonyl (C=O) groups excluding carboxylic acids is 1. The largest absolute Gasteiger partial charge is 0.495 e. The molecule has 1 amide bonds. The molecule has 2 aromatic carbocycles. The fourth-order valence-electron chi connectivity index (χ4n) is 1.85. The summed E-state index contributed by atoms with van der Waals surface area (Å²) in [6.07, 6.45) is 1.52. The molecule has 0 saturated carbocycles. The number of anilines is 1. The average molecular weight is 392 g/mol. The molecule has 2 rings (SSSR count). The highest BCUT2D eigenvalue weighted by Gasteiger charge is 2.11. The van der Waals surface area contributed by atoms with Gasteiger partial charge in [-0.25, -0.2) is 0 Å². The number of amides is 1. The Morgan fingerprint density at radius 1 is 1.35 bits per heavy atom. The van der Waals surface area contributed by atoms with Crippen molar-refractivity contribution < 1.29 is 9.53 Å². The standard InChI is InChI=1S/C17H12BrClN2O2/c1-23-16-6-5-14(9-15(16)19)21-17(22)12(10-20)7-11-3-2-4-13(18)8-11/h2-9H,1H3,(H,21,22)/b12-7+. The molecule has 0 radical (unpaired) electrons. The van der Waals surface area contributed by atoms with Crippen molar-refractivity contribution in [1.82, 2.24) is 0 Å². The van der Waals surface area contributed by atoms with Crippen molar-refractivity contribution in [1.29, 1.82) is 5.26 Å². The summed E-state index contributed by atoms with van der Waals surface area (Å²) in [6, 6.07) is 14.1. The molecule has 0 saturated heterocycles. The fourth-order valence-corrected chi connectivity index (χ4v) is 2.53. The van der Waals surface area contributed by atoms with E-state index >= 15 is 0 Å². The van der Waals surface area contributed by atoms with Gasteiger partial charge in [0.2, 0.25) is 0 Å². The van der Waals surface area contributed by atoms with Gasteiger partial charge in [0.1, 0.15) is 17.4 Å². The van der Waals surface area contributed by atoms with Gasteiger partial charge in [-0.15, -0.1) is 0 Å². The van der Waals surface area contributed by atoms with Crippen LogP contribution >= 0.6 is 27.5 Å². The van der Waals surface area contributed by atoms with E-state index in [4.69, 9.17) is 16.3 Å². The highest BCUT2D eigenvalue weighted by atomic mass is 79.9. The third kappa shape index (κ3) is 4.59. The molecule has 0 aliphatic carbocycles. The lowest BCUT2D eigenvalue weighted by Gasteiger charge is -2.07. The number of methoxy groups -OCH3 is 1. The van der Waals surface area contributed by atoms with Crippen LogP contribution in [0.4, 0.5) is 5.69 Å². The van der Waals surface area contributed by atoms with Crippen molar-refractivity contribution in [2.75, 3.05) is 12.4 Å². The third-order valence-electron chi connectivity index (χ3n) is 2.93. The van der Waals surface area contributed by atoms with Crippen LogP contribution in [0.1, 0.15) is 5.56 Å². The van der Waals surface area contributed by atoms with Gasteiger partial charge in [0.25, 0.3) is 5.91 Å². The number of hydrogen-bond acceptors (Lipinski definition) is 3. The number of nitrogens with one attached hydrogen (secondary N) is 1. The van der Waals surface area contributed by atoms with E-state index in [2.05, 4.69) is 21.2 Å². The van der Waals surface area contributed by atoms with Crippen LogP contribution in [-0.2, 0) is 4.79 Å². The van der Waals surface area contributed by atoms with Crippen LogP contribution in [-0.4, -0.2) is 13.0 Å². The van der Waals surface area contributed by atoms with Crippen LogP contribution < -0.4 is 10.1 Å². The minimum Gasteiger partial charge on any atom is -0.495 e. The van der Waals surface area contributed by atoms with Gasteiger partial charge in [-0.2, -0.15) is 5.26 Å². The van der Waals surface area contributed by atoms with Crippen LogP contribution in [0.5, 0.6) is 5.75 Å². The van der Waals surface area contributed by atoms with Crippen LogP contribution in [0.25, 0.3) is 6.08 Å². The first kappa shape index (κ1) is 17.1. The van der Waals surface area contributed by atoms with E-state index in [0.29, 0.717) is 16.5 Å². The summed E-state index contributed by atoms with van der Waals surface area (Å²) in [5, 5.41) is 12.2. The Morgan fingerprint density at radius 3 is 2.74 bits per heavy atom. The van der Waals surface area contributed by atoms with Crippen molar-refractivity contribution >= 4 is 45.2 Å². The predicted molar refractivity (Wildman–Crippen MR) is 94.4 cm³/mol. The second kappa shape index (κ2) is 7.82. The number of rotatable bonds is 4. The van der Waals surface area contributed by atoms with Gasteiger partial charge >= 0.3 is 0 Å². The summed E-state index contributed by atoms with van der Waals surface area (Å²) in [5.74, 6) is 0.00330. The zero-order chi connectivity index (χ0) is 16.8. The normalized spacial score (nSPS) is 10.8. The SMILES string of the molecule is COc1ccc(NC(=O)/C(C#N)=C/c2cccc(Br)c2)cc1Cl. The molecule has 4 nitrogen and oxygen atoms in total. The Labute approximate surface area is 147 Å². The molecule has 0 aliphatic rings. The highest BCUT2D eigenvalue weighted by Crippen LogP contribution is 2.27. The average Bonchev–Trinajstić information content (AvgIpc) is 2.52. The van der Waals surface area contributed by atoms with Gasteiger partial charge in [-0.3, -0.25) is 4.79 Å². The molecule has 0 spiro atoms. The second-order valence-electron chi connectivity index (χ2n) is 4.53. The molecule has 116 valence electrons. The first-order valence-electron chi connectivity index (χ1n) is 6.55. The van der Waals surface area contributed by atoms with E-state index in [9.17, 15) is 10.1 Å². The molecule has 0 bridgehead atoms. The number of benzene rings is 2. The topological polar surface area (TPSA) is 62.1 Å². The number of hydrogen-bond donors (Lipinski definition) is 1. The van der Waals surface area contributed by atoms with Crippen molar-refractivity contribution in [3.05, 3.63) is 63.1 Å². The van der Waals surface area contributed by atoms with Gasteiger partial charge in [0.05, 0.1) is 12.1 Å². The van der Waals surface area contributed by atoms with E-state index < -0.39 is 5.91 Å². The van der Waals surface area contributed by atoms with E-state index in [-0.39, 0.29) is 5.57 Å².